The van der Waals surface area contributed by atoms with Crippen LogP contribution in [0, 0.1) is 12.8 Å². The first-order valence-electron chi connectivity index (χ1n) is 6.21. The molecule has 2 N–H and O–H groups in total. The molecule has 5 nitrogen and oxygen atoms in total. The van der Waals surface area contributed by atoms with Crippen molar-refractivity contribution in [1.29, 1.82) is 0 Å². The highest BCUT2D eigenvalue weighted by atomic mass is 35.5. The van der Waals surface area contributed by atoms with Gasteiger partial charge >= 0.3 is 0 Å². The quantitative estimate of drug-likeness (QED) is 0.779. The highest BCUT2D eigenvalue weighted by Crippen LogP contribution is 2.19. The molecule has 0 saturated heterocycles. The summed E-state index contributed by atoms with van der Waals surface area (Å²) in [6.45, 7) is 4.50. The van der Waals surface area contributed by atoms with Crippen molar-refractivity contribution in [2.45, 2.75) is 20.3 Å². The van der Waals surface area contributed by atoms with Crippen molar-refractivity contribution in [2.75, 3.05) is 13.2 Å². The van der Waals surface area contributed by atoms with Crippen LogP contribution in [0.2, 0.25) is 5.15 Å². The van der Waals surface area contributed by atoms with Crippen LogP contribution >= 0.6 is 11.6 Å². The Morgan fingerprint density at radius 3 is 2.84 bits per heavy atom. The molecule has 6 heteroatoms. The molecule has 0 aliphatic heterocycles. The van der Waals surface area contributed by atoms with Gasteiger partial charge in [-0.25, -0.2) is 0 Å². The Bertz CT molecular complexity index is 469. The molecule has 1 aromatic rings. The van der Waals surface area contributed by atoms with E-state index in [1.165, 1.54) is 6.08 Å². The van der Waals surface area contributed by atoms with E-state index in [1.54, 1.807) is 17.8 Å². The lowest BCUT2D eigenvalue weighted by atomic mass is 10.1. The summed E-state index contributed by atoms with van der Waals surface area (Å²) in [7, 11) is 1.75. The van der Waals surface area contributed by atoms with Crippen LogP contribution < -0.4 is 5.32 Å². The van der Waals surface area contributed by atoms with E-state index in [1.807, 2.05) is 13.8 Å². The molecule has 0 aromatic carbocycles. The Hall–Kier alpha value is -1.33. The van der Waals surface area contributed by atoms with Gasteiger partial charge in [-0.2, -0.15) is 5.10 Å². The molecule has 1 amide bonds. The molecule has 1 atom stereocenters. The third-order valence-electron chi connectivity index (χ3n) is 2.84. The average Bonchev–Trinajstić information content (AvgIpc) is 2.59. The number of carbonyl (C=O) groups excluding carboxylic acids is 1. The third kappa shape index (κ3) is 4.69. The lowest BCUT2D eigenvalue weighted by Gasteiger charge is -2.09. The number of aromatic nitrogens is 2. The first-order valence-corrected chi connectivity index (χ1v) is 6.59. The number of nitrogens with zero attached hydrogens (tertiary/aromatic N) is 2. The summed E-state index contributed by atoms with van der Waals surface area (Å²) in [5.41, 5.74) is 1.54. The van der Waals surface area contributed by atoms with Gasteiger partial charge in [0.05, 0.1) is 5.69 Å². The van der Waals surface area contributed by atoms with Crippen molar-refractivity contribution in [2.24, 2.45) is 13.0 Å². The molecule has 0 radical (unpaired) electrons. The second-order valence-electron chi connectivity index (χ2n) is 4.61. The number of hydrogen-bond acceptors (Lipinski definition) is 3. The van der Waals surface area contributed by atoms with Gasteiger partial charge in [0, 0.05) is 31.8 Å². The maximum atomic E-state index is 11.6. The molecule has 0 fully saturated rings. The summed E-state index contributed by atoms with van der Waals surface area (Å²) in [6.07, 6.45) is 3.79. The normalized spacial score (nSPS) is 12.9. The Morgan fingerprint density at radius 2 is 2.32 bits per heavy atom. The first-order chi connectivity index (χ1) is 8.95. The Balaban J connectivity index is 2.54. The summed E-state index contributed by atoms with van der Waals surface area (Å²) in [5, 5.41) is 16.2. The summed E-state index contributed by atoms with van der Waals surface area (Å²) in [5.74, 6) is 0.0789. The van der Waals surface area contributed by atoms with Crippen LogP contribution in [0.4, 0.5) is 0 Å². The van der Waals surface area contributed by atoms with Crippen LogP contribution in [0.5, 0.6) is 0 Å². The molecular weight excluding hydrogens is 266 g/mol. The zero-order chi connectivity index (χ0) is 14.4. The second-order valence-corrected chi connectivity index (χ2v) is 4.97. The van der Waals surface area contributed by atoms with Crippen molar-refractivity contribution in [1.82, 2.24) is 15.1 Å². The second kappa shape index (κ2) is 7.31. The van der Waals surface area contributed by atoms with E-state index in [9.17, 15) is 4.79 Å². The van der Waals surface area contributed by atoms with Crippen LogP contribution in [0.1, 0.15) is 24.6 Å². The fraction of sp³-hybridized carbons (Fsp3) is 0.538. The number of aliphatic hydroxyl groups excluding tert-OH is 1. The summed E-state index contributed by atoms with van der Waals surface area (Å²) in [6, 6.07) is 0. The Morgan fingerprint density at radius 1 is 1.63 bits per heavy atom. The van der Waals surface area contributed by atoms with Gasteiger partial charge in [0.1, 0.15) is 5.15 Å². The monoisotopic (exact) mass is 285 g/mol. The van der Waals surface area contributed by atoms with Gasteiger partial charge in [-0.15, -0.1) is 0 Å². The Kier molecular flexibility index (Phi) is 6.05. The number of hydrogen-bond donors (Lipinski definition) is 2. The zero-order valence-corrected chi connectivity index (χ0v) is 12.2. The summed E-state index contributed by atoms with van der Waals surface area (Å²) < 4.78 is 1.57. The van der Waals surface area contributed by atoms with Gasteiger partial charge in [0.2, 0.25) is 5.91 Å². The van der Waals surface area contributed by atoms with Crippen molar-refractivity contribution < 1.29 is 9.90 Å². The van der Waals surface area contributed by atoms with E-state index in [4.69, 9.17) is 16.7 Å². The first kappa shape index (κ1) is 15.7. The van der Waals surface area contributed by atoms with E-state index < -0.39 is 0 Å². The minimum Gasteiger partial charge on any atom is -0.396 e. The fourth-order valence-corrected chi connectivity index (χ4v) is 1.89. The van der Waals surface area contributed by atoms with Crippen LogP contribution in [-0.4, -0.2) is 33.9 Å². The van der Waals surface area contributed by atoms with Gasteiger partial charge in [-0.3, -0.25) is 9.48 Å². The van der Waals surface area contributed by atoms with Gasteiger partial charge in [0.15, 0.2) is 0 Å². The number of halogens is 1. The van der Waals surface area contributed by atoms with Crippen molar-refractivity contribution in [3.05, 3.63) is 22.5 Å². The number of rotatable bonds is 6. The van der Waals surface area contributed by atoms with Crippen molar-refractivity contribution >= 4 is 23.6 Å². The van der Waals surface area contributed by atoms with Crippen LogP contribution in [0.25, 0.3) is 6.08 Å². The average molecular weight is 286 g/mol. The summed E-state index contributed by atoms with van der Waals surface area (Å²) in [4.78, 5) is 11.6. The van der Waals surface area contributed by atoms with Crippen molar-refractivity contribution in [3.8, 4) is 0 Å². The van der Waals surface area contributed by atoms with Crippen LogP contribution in [-0.2, 0) is 11.8 Å². The smallest absolute Gasteiger partial charge is 0.244 e. The topological polar surface area (TPSA) is 67.2 Å². The molecular formula is C13H20ClN3O2. The van der Waals surface area contributed by atoms with Crippen LogP contribution in [0.15, 0.2) is 6.08 Å². The number of aliphatic hydroxyl groups is 1. The van der Waals surface area contributed by atoms with E-state index >= 15 is 0 Å². The lowest BCUT2D eigenvalue weighted by molar-refractivity contribution is -0.116. The molecule has 0 spiro atoms. The van der Waals surface area contributed by atoms with Crippen LogP contribution in [0.3, 0.4) is 0 Å². The fourth-order valence-electron chi connectivity index (χ4n) is 1.65. The number of amides is 1. The largest absolute Gasteiger partial charge is 0.396 e. The molecule has 1 rings (SSSR count). The van der Waals surface area contributed by atoms with Gasteiger partial charge in [-0.05, 0) is 25.3 Å². The maximum Gasteiger partial charge on any atom is 0.244 e. The molecule has 1 aromatic heterocycles. The zero-order valence-electron chi connectivity index (χ0n) is 11.5. The molecule has 0 bridgehead atoms. The highest BCUT2D eigenvalue weighted by Gasteiger charge is 2.08. The number of aryl methyl sites for hydroxylation is 2. The lowest BCUT2D eigenvalue weighted by Crippen LogP contribution is -2.26. The molecule has 0 aliphatic carbocycles. The van der Waals surface area contributed by atoms with E-state index in [-0.39, 0.29) is 18.4 Å². The molecule has 106 valence electrons. The molecule has 1 heterocycles. The molecule has 0 saturated carbocycles. The van der Waals surface area contributed by atoms with Gasteiger partial charge in [0.25, 0.3) is 0 Å². The van der Waals surface area contributed by atoms with E-state index in [0.29, 0.717) is 18.1 Å². The SMILES string of the molecule is Cc1nn(C)c(Cl)c1/C=C/C(=O)NCC(C)CCO. The predicted molar refractivity (Wildman–Crippen MR) is 75.9 cm³/mol. The van der Waals surface area contributed by atoms with Crippen molar-refractivity contribution in [3.63, 3.8) is 0 Å². The standard InChI is InChI=1S/C13H20ClN3O2/c1-9(6-7-18)8-15-12(19)5-4-11-10(2)16-17(3)13(11)14/h4-5,9,18H,6-8H2,1-3H3,(H,15,19)/b5-4+. The molecule has 0 aliphatic rings. The minimum atomic E-state index is -0.177. The van der Waals surface area contributed by atoms with E-state index in [0.717, 1.165) is 11.3 Å². The Labute approximate surface area is 118 Å². The van der Waals surface area contributed by atoms with E-state index in [2.05, 4.69) is 10.4 Å². The summed E-state index contributed by atoms with van der Waals surface area (Å²) >= 11 is 6.06. The minimum absolute atomic E-state index is 0.136. The van der Waals surface area contributed by atoms with Gasteiger partial charge in [-0.1, -0.05) is 18.5 Å². The predicted octanol–water partition coefficient (Wildman–Crippen LogP) is 1.53. The maximum absolute atomic E-state index is 11.6. The van der Waals surface area contributed by atoms with Gasteiger partial charge < -0.3 is 10.4 Å². The molecule has 19 heavy (non-hydrogen) atoms. The number of carbonyl (C=O) groups is 1. The highest BCUT2D eigenvalue weighted by molar-refractivity contribution is 6.31. The molecule has 1 unspecified atom stereocenters. The number of nitrogens with one attached hydrogen (secondary N) is 1. The third-order valence-corrected chi connectivity index (χ3v) is 3.29.